The quantitative estimate of drug-likeness (QED) is 0.769. The van der Waals surface area contributed by atoms with Crippen LogP contribution in [0.4, 0.5) is 0 Å². The van der Waals surface area contributed by atoms with Crippen molar-refractivity contribution < 1.29 is 4.79 Å². The van der Waals surface area contributed by atoms with Crippen LogP contribution in [0, 0.1) is 5.92 Å². The molecule has 2 aliphatic heterocycles. The molecule has 4 heteroatoms. The van der Waals surface area contributed by atoms with Gasteiger partial charge in [0.25, 0.3) is 0 Å². The molecule has 2 aliphatic rings. The molecule has 150 valence electrons. The van der Waals surface area contributed by atoms with Crippen molar-refractivity contribution in [3.8, 4) is 0 Å². The summed E-state index contributed by atoms with van der Waals surface area (Å²) in [6.45, 7) is 5.09. The first-order valence-electron chi connectivity index (χ1n) is 10.7. The van der Waals surface area contributed by atoms with Gasteiger partial charge in [-0.1, -0.05) is 24.3 Å². The maximum atomic E-state index is 11.7. The molecular weight excluding hydrogens is 334 g/mol. The zero-order valence-corrected chi connectivity index (χ0v) is 17.5. The lowest BCUT2D eigenvalue weighted by Gasteiger charge is -2.41. The molecule has 1 aromatic rings. The molecule has 0 aromatic heterocycles. The minimum Gasteiger partial charge on any atom is -0.349 e. The van der Waals surface area contributed by atoms with E-state index in [1.807, 2.05) is 14.1 Å². The lowest BCUT2D eigenvalue weighted by Crippen LogP contribution is -2.47. The van der Waals surface area contributed by atoms with Gasteiger partial charge >= 0.3 is 0 Å². The summed E-state index contributed by atoms with van der Waals surface area (Å²) in [4.78, 5) is 18.6. The van der Waals surface area contributed by atoms with Crippen LogP contribution in [0.15, 0.2) is 24.3 Å². The third-order valence-corrected chi connectivity index (χ3v) is 6.53. The summed E-state index contributed by atoms with van der Waals surface area (Å²) < 4.78 is 0. The highest BCUT2D eigenvalue weighted by molar-refractivity contribution is 5.75. The zero-order valence-electron chi connectivity index (χ0n) is 17.5. The van der Waals surface area contributed by atoms with E-state index in [-0.39, 0.29) is 5.91 Å². The van der Waals surface area contributed by atoms with E-state index in [9.17, 15) is 4.79 Å². The molecule has 0 saturated carbocycles. The molecule has 0 atom stereocenters. The predicted octanol–water partition coefficient (Wildman–Crippen LogP) is 3.06. The van der Waals surface area contributed by atoms with E-state index >= 15 is 0 Å². The highest BCUT2D eigenvalue weighted by atomic mass is 16.2. The van der Waals surface area contributed by atoms with Gasteiger partial charge in [0.15, 0.2) is 0 Å². The fourth-order valence-electron chi connectivity index (χ4n) is 4.53. The lowest BCUT2D eigenvalue weighted by molar-refractivity contribution is -0.128. The summed E-state index contributed by atoms with van der Waals surface area (Å²) in [5, 5.41) is 0. The second kappa shape index (κ2) is 9.70. The van der Waals surface area contributed by atoms with E-state index < -0.39 is 0 Å². The summed E-state index contributed by atoms with van der Waals surface area (Å²) in [5.74, 6) is 1.03. The number of nitrogens with zero attached hydrogens (tertiary/aromatic N) is 3. The van der Waals surface area contributed by atoms with E-state index in [2.05, 4.69) is 41.1 Å². The maximum Gasteiger partial charge on any atom is 0.222 e. The third-order valence-electron chi connectivity index (χ3n) is 6.53. The zero-order chi connectivity index (χ0) is 19.2. The molecule has 0 radical (unpaired) electrons. The number of piperidine rings is 2. The Bertz CT molecular complexity index is 582. The van der Waals surface area contributed by atoms with Gasteiger partial charge in [0, 0.05) is 26.6 Å². The maximum absolute atomic E-state index is 11.7. The summed E-state index contributed by atoms with van der Waals surface area (Å²) >= 11 is 0. The molecule has 0 spiro atoms. The van der Waals surface area contributed by atoms with Crippen LogP contribution in [0.1, 0.15) is 43.2 Å². The van der Waals surface area contributed by atoms with Gasteiger partial charge in [-0.2, -0.15) is 0 Å². The van der Waals surface area contributed by atoms with Gasteiger partial charge in [-0.25, -0.2) is 0 Å². The second-order valence-electron chi connectivity index (χ2n) is 8.82. The Morgan fingerprint density at radius 1 is 0.963 bits per heavy atom. The van der Waals surface area contributed by atoms with Crippen LogP contribution in [0.3, 0.4) is 0 Å². The van der Waals surface area contributed by atoms with Crippen LogP contribution >= 0.6 is 0 Å². The number of rotatable bonds is 6. The molecule has 0 unspecified atom stereocenters. The monoisotopic (exact) mass is 371 g/mol. The molecule has 3 rings (SSSR count). The average Bonchev–Trinajstić information content (AvgIpc) is 2.68. The average molecular weight is 372 g/mol. The van der Waals surface area contributed by atoms with Crippen LogP contribution < -0.4 is 0 Å². The van der Waals surface area contributed by atoms with Gasteiger partial charge in [-0.15, -0.1) is 0 Å². The van der Waals surface area contributed by atoms with Crippen molar-refractivity contribution in [3.05, 3.63) is 35.4 Å². The number of amides is 1. The molecule has 2 fully saturated rings. The van der Waals surface area contributed by atoms with Crippen LogP contribution in [0.2, 0.25) is 0 Å². The molecule has 4 nitrogen and oxygen atoms in total. The molecule has 27 heavy (non-hydrogen) atoms. The van der Waals surface area contributed by atoms with Crippen molar-refractivity contribution in [3.63, 3.8) is 0 Å². The van der Waals surface area contributed by atoms with Crippen molar-refractivity contribution in [2.45, 2.75) is 51.0 Å². The van der Waals surface area contributed by atoms with Crippen molar-refractivity contribution in [2.24, 2.45) is 5.92 Å². The van der Waals surface area contributed by atoms with Gasteiger partial charge in [0.1, 0.15) is 0 Å². The highest BCUT2D eigenvalue weighted by Crippen LogP contribution is 2.26. The van der Waals surface area contributed by atoms with Crippen LogP contribution in [-0.4, -0.2) is 74.0 Å². The molecular formula is C23H37N3O. The number of aryl methyl sites for hydroxylation is 1. The first kappa shape index (κ1) is 20.3. The van der Waals surface area contributed by atoms with E-state index in [4.69, 9.17) is 0 Å². The van der Waals surface area contributed by atoms with Crippen LogP contribution in [0.5, 0.6) is 0 Å². The lowest BCUT2D eigenvalue weighted by atomic mass is 9.88. The standard InChI is InChI=1S/C23H37N3O/c1-24(2)23(27)9-8-19-4-6-20(7-5-19)18-21-10-16-26(17-11-21)22-12-14-25(3)15-13-22/h4-7,21-22H,8-18H2,1-3H3. The van der Waals surface area contributed by atoms with Gasteiger partial charge in [-0.3, -0.25) is 4.79 Å². The Hall–Kier alpha value is -1.39. The Morgan fingerprint density at radius 3 is 2.15 bits per heavy atom. The van der Waals surface area contributed by atoms with E-state index in [1.165, 1.54) is 69.4 Å². The summed E-state index contributed by atoms with van der Waals surface area (Å²) in [5.41, 5.74) is 2.72. The topological polar surface area (TPSA) is 26.8 Å². The van der Waals surface area contributed by atoms with Gasteiger partial charge in [-0.05, 0) is 88.8 Å². The summed E-state index contributed by atoms with van der Waals surface area (Å²) in [6.07, 6.45) is 8.01. The molecule has 1 aromatic carbocycles. The minimum absolute atomic E-state index is 0.204. The number of likely N-dealkylation sites (tertiary alicyclic amines) is 2. The Labute approximate surface area is 165 Å². The van der Waals surface area contributed by atoms with Crippen molar-refractivity contribution in [1.82, 2.24) is 14.7 Å². The molecule has 0 aliphatic carbocycles. The number of hydrogen-bond donors (Lipinski definition) is 0. The first-order chi connectivity index (χ1) is 13.0. The molecule has 0 bridgehead atoms. The number of carbonyl (C=O) groups excluding carboxylic acids is 1. The largest absolute Gasteiger partial charge is 0.349 e. The van der Waals surface area contributed by atoms with E-state index in [0.717, 1.165) is 18.4 Å². The summed E-state index contributed by atoms with van der Waals surface area (Å²) in [7, 11) is 5.89. The number of carbonyl (C=O) groups is 1. The number of benzene rings is 1. The molecule has 2 heterocycles. The van der Waals surface area contributed by atoms with Crippen molar-refractivity contribution in [2.75, 3.05) is 47.3 Å². The minimum atomic E-state index is 0.204. The highest BCUT2D eigenvalue weighted by Gasteiger charge is 2.27. The third kappa shape index (κ3) is 6.05. The van der Waals surface area contributed by atoms with Crippen molar-refractivity contribution >= 4 is 5.91 Å². The SMILES string of the molecule is CN1CCC(N2CCC(Cc3ccc(CCC(=O)N(C)C)cc3)CC2)CC1. The Morgan fingerprint density at radius 2 is 1.56 bits per heavy atom. The van der Waals surface area contributed by atoms with E-state index in [1.54, 1.807) is 4.90 Å². The Kier molecular flexibility index (Phi) is 7.31. The molecule has 1 amide bonds. The molecule has 2 saturated heterocycles. The van der Waals surface area contributed by atoms with E-state index in [0.29, 0.717) is 6.42 Å². The van der Waals surface area contributed by atoms with Gasteiger partial charge in [0.05, 0.1) is 0 Å². The normalized spacial score (nSPS) is 20.7. The Balaban J connectivity index is 1.40. The van der Waals surface area contributed by atoms with Crippen molar-refractivity contribution in [1.29, 1.82) is 0 Å². The smallest absolute Gasteiger partial charge is 0.222 e. The van der Waals surface area contributed by atoms with Gasteiger partial charge in [0.2, 0.25) is 5.91 Å². The van der Waals surface area contributed by atoms with Crippen LogP contribution in [-0.2, 0) is 17.6 Å². The molecule has 0 N–H and O–H groups in total. The fourth-order valence-corrected chi connectivity index (χ4v) is 4.53. The van der Waals surface area contributed by atoms with Gasteiger partial charge < -0.3 is 14.7 Å². The first-order valence-corrected chi connectivity index (χ1v) is 10.7. The predicted molar refractivity (Wildman–Crippen MR) is 112 cm³/mol. The van der Waals surface area contributed by atoms with Crippen LogP contribution in [0.25, 0.3) is 0 Å². The fraction of sp³-hybridized carbons (Fsp3) is 0.696. The second-order valence-corrected chi connectivity index (χ2v) is 8.82. The number of hydrogen-bond acceptors (Lipinski definition) is 3. The summed E-state index contributed by atoms with van der Waals surface area (Å²) in [6, 6.07) is 9.81.